The van der Waals surface area contributed by atoms with E-state index in [2.05, 4.69) is 10.3 Å². The molecule has 0 N–H and O–H groups in total. The first-order valence-corrected chi connectivity index (χ1v) is 5.95. The average molecular weight is 259 g/mol. The van der Waals surface area contributed by atoms with Gasteiger partial charge in [-0.25, -0.2) is 4.68 Å². The number of aromatic nitrogens is 2. The van der Waals surface area contributed by atoms with Crippen molar-refractivity contribution in [2.75, 3.05) is 14.1 Å². The van der Waals surface area contributed by atoms with Crippen LogP contribution in [0.25, 0.3) is 5.69 Å². The summed E-state index contributed by atoms with van der Waals surface area (Å²) in [6, 6.07) is 9.47. The van der Waals surface area contributed by atoms with Crippen molar-refractivity contribution in [2.45, 2.75) is 6.92 Å². The number of nitrogens with zero attached hydrogens (tertiary/aromatic N) is 5. The van der Waals surface area contributed by atoms with E-state index in [0.29, 0.717) is 5.69 Å². The average Bonchev–Trinajstić information content (AvgIpc) is 2.59. The van der Waals surface area contributed by atoms with Crippen LogP contribution in [0, 0.1) is 6.92 Å². The fourth-order valence-corrected chi connectivity index (χ4v) is 1.80. The highest BCUT2D eigenvalue weighted by Crippen LogP contribution is 2.16. The van der Waals surface area contributed by atoms with Gasteiger partial charge < -0.3 is 0 Å². The van der Waals surface area contributed by atoms with Crippen molar-refractivity contribution in [1.82, 2.24) is 14.4 Å². The van der Waals surface area contributed by atoms with E-state index in [4.69, 9.17) is 0 Å². The molecule has 100 valence electrons. The second kappa shape index (κ2) is 5.09. The van der Waals surface area contributed by atoms with Crippen LogP contribution in [0.15, 0.2) is 45.5 Å². The van der Waals surface area contributed by atoms with E-state index in [1.807, 2.05) is 44.3 Å². The third-order valence-corrected chi connectivity index (χ3v) is 2.85. The van der Waals surface area contributed by atoms with Gasteiger partial charge >= 0.3 is 0 Å². The molecule has 2 rings (SSSR count). The van der Waals surface area contributed by atoms with Crippen molar-refractivity contribution in [3.05, 3.63) is 46.4 Å². The van der Waals surface area contributed by atoms with Gasteiger partial charge in [0.05, 0.1) is 11.4 Å². The van der Waals surface area contributed by atoms with Crippen LogP contribution in [0.5, 0.6) is 0 Å². The molecule has 0 saturated carbocycles. The van der Waals surface area contributed by atoms with E-state index < -0.39 is 0 Å². The Bertz CT molecular complexity index is 652. The van der Waals surface area contributed by atoms with Crippen LogP contribution >= 0.6 is 0 Å². The first-order chi connectivity index (χ1) is 9.02. The summed E-state index contributed by atoms with van der Waals surface area (Å²) in [5, 5.41) is 9.46. The zero-order valence-electron chi connectivity index (χ0n) is 11.5. The van der Waals surface area contributed by atoms with Crippen molar-refractivity contribution >= 4 is 5.69 Å². The molecule has 0 atom stereocenters. The number of hydrogen-bond acceptors (Lipinski definition) is 3. The van der Waals surface area contributed by atoms with Crippen LogP contribution in [-0.2, 0) is 7.05 Å². The number of para-hydroxylation sites is 1. The van der Waals surface area contributed by atoms with Crippen molar-refractivity contribution < 1.29 is 0 Å². The third kappa shape index (κ3) is 2.42. The predicted octanol–water partition coefficient (Wildman–Crippen LogP) is 2.04. The van der Waals surface area contributed by atoms with Gasteiger partial charge in [-0.1, -0.05) is 23.4 Å². The first-order valence-electron chi connectivity index (χ1n) is 5.95. The minimum absolute atomic E-state index is 0.170. The van der Waals surface area contributed by atoms with E-state index in [1.165, 1.54) is 0 Å². The fourth-order valence-electron chi connectivity index (χ4n) is 1.80. The Morgan fingerprint density at radius 2 is 1.79 bits per heavy atom. The van der Waals surface area contributed by atoms with Gasteiger partial charge in [0.2, 0.25) is 0 Å². The second-order valence-electron chi connectivity index (χ2n) is 4.45. The predicted molar refractivity (Wildman–Crippen MR) is 74.0 cm³/mol. The summed E-state index contributed by atoms with van der Waals surface area (Å²) in [5.74, 6) is 0. The molecular weight excluding hydrogens is 242 g/mol. The molecule has 1 aromatic heterocycles. The highest BCUT2D eigenvalue weighted by atomic mass is 16.1. The van der Waals surface area contributed by atoms with E-state index >= 15 is 0 Å². The maximum Gasteiger partial charge on any atom is 0.299 e. The topological polar surface area (TPSA) is 54.9 Å². The fraction of sp³-hybridized carbons (Fsp3) is 0.308. The summed E-state index contributed by atoms with van der Waals surface area (Å²) in [4.78, 5) is 12.4. The lowest BCUT2D eigenvalue weighted by molar-refractivity contribution is 0.408. The van der Waals surface area contributed by atoms with E-state index in [9.17, 15) is 4.79 Å². The molecule has 2 aromatic rings. The van der Waals surface area contributed by atoms with Crippen LogP contribution < -0.4 is 5.56 Å². The minimum atomic E-state index is -0.170. The van der Waals surface area contributed by atoms with Gasteiger partial charge in [-0.3, -0.25) is 14.5 Å². The Morgan fingerprint density at radius 3 is 2.37 bits per heavy atom. The molecule has 1 heterocycles. The lowest BCUT2D eigenvalue weighted by Crippen LogP contribution is -2.19. The first kappa shape index (κ1) is 13.1. The summed E-state index contributed by atoms with van der Waals surface area (Å²) < 4.78 is 3.36. The van der Waals surface area contributed by atoms with Gasteiger partial charge in [-0.15, -0.1) is 5.11 Å². The van der Waals surface area contributed by atoms with Crippen molar-refractivity contribution in [1.29, 1.82) is 0 Å². The van der Waals surface area contributed by atoms with Crippen LogP contribution in [0.1, 0.15) is 5.69 Å². The summed E-state index contributed by atoms with van der Waals surface area (Å²) in [6.07, 6.45) is 0. The highest BCUT2D eigenvalue weighted by Gasteiger charge is 2.15. The van der Waals surface area contributed by atoms with Gasteiger partial charge in [0.25, 0.3) is 5.56 Å². The highest BCUT2D eigenvalue weighted by molar-refractivity contribution is 5.43. The summed E-state index contributed by atoms with van der Waals surface area (Å²) in [7, 11) is 5.35. The Hall–Kier alpha value is -2.37. The van der Waals surface area contributed by atoms with E-state index in [-0.39, 0.29) is 5.56 Å². The lowest BCUT2D eigenvalue weighted by Gasteiger charge is -2.07. The standard InChI is InChI=1S/C13H17N5O/c1-10-12(14-15-16(2)3)13(19)18(17(10)4)11-8-6-5-7-9-11/h5-9H,1-4H3. The van der Waals surface area contributed by atoms with Crippen molar-refractivity contribution in [3.8, 4) is 5.69 Å². The van der Waals surface area contributed by atoms with E-state index in [1.54, 1.807) is 28.5 Å². The van der Waals surface area contributed by atoms with Crippen LogP contribution in [-0.4, -0.2) is 28.5 Å². The molecule has 0 amide bonds. The van der Waals surface area contributed by atoms with Crippen molar-refractivity contribution in [2.24, 2.45) is 17.4 Å². The van der Waals surface area contributed by atoms with Gasteiger partial charge in [0.15, 0.2) is 5.69 Å². The largest absolute Gasteiger partial charge is 0.299 e. The smallest absolute Gasteiger partial charge is 0.285 e. The SMILES string of the molecule is Cc1c(N=NN(C)C)c(=O)n(-c2ccccc2)n1C. The molecule has 0 fully saturated rings. The third-order valence-electron chi connectivity index (χ3n) is 2.85. The zero-order valence-corrected chi connectivity index (χ0v) is 11.5. The number of hydrogen-bond donors (Lipinski definition) is 0. The Morgan fingerprint density at radius 1 is 1.16 bits per heavy atom. The molecule has 0 aliphatic carbocycles. The Kier molecular flexibility index (Phi) is 3.50. The van der Waals surface area contributed by atoms with Gasteiger partial charge in [-0.2, -0.15) is 0 Å². The molecule has 1 aromatic carbocycles. The van der Waals surface area contributed by atoms with E-state index in [0.717, 1.165) is 11.4 Å². The Balaban J connectivity index is 2.60. The van der Waals surface area contributed by atoms with Gasteiger partial charge in [-0.05, 0) is 19.1 Å². The molecule has 0 aliphatic heterocycles. The maximum absolute atomic E-state index is 12.4. The van der Waals surface area contributed by atoms with Crippen LogP contribution in [0.4, 0.5) is 5.69 Å². The maximum atomic E-state index is 12.4. The van der Waals surface area contributed by atoms with Crippen molar-refractivity contribution in [3.63, 3.8) is 0 Å². The molecule has 0 unspecified atom stereocenters. The molecule has 19 heavy (non-hydrogen) atoms. The number of rotatable bonds is 3. The second-order valence-corrected chi connectivity index (χ2v) is 4.45. The molecule has 0 spiro atoms. The molecule has 0 aliphatic rings. The normalized spacial score (nSPS) is 11.2. The minimum Gasteiger partial charge on any atom is -0.285 e. The molecule has 0 radical (unpaired) electrons. The summed E-state index contributed by atoms with van der Waals surface area (Å²) in [5.41, 5.74) is 1.78. The van der Waals surface area contributed by atoms with Gasteiger partial charge in [0.1, 0.15) is 0 Å². The molecule has 6 nitrogen and oxygen atoms in total. The summed E-state index contributed by atoms with van der Waals surface area (Å²) >= 11 is 0. The number of benzene rings is 1. The Labute approximate surface area is 111 Å². The summed E-state index contributed by atoms with van der Waals surface area (Å²) in [6.45, 7) is 1.85. The molecule has 0 saturated heterocycles. The lowest BCUT2D eigenvalue weighted by atomic mass is 10.3. The molecular formula is C13H17N5O. The van der Waals surface area contributed by atoms with Crippen LogP contribution in [0.3, 0.4) is 0 Å². The quantitative estimate of drug-likeness (QED) is 0.625. The zero-order chi connectivity index (χ0) is 14.0. The monoisotopic (exact) mass is 259 g/mol. The van der Waals surface area contributed by atoms with Gasteiger partial charge in [0, 0.05) is 21.1 Å². The van der Waals surface area contributed by atoms with Crippen LogP contribution in [0.2, 0.25) is 0 Å². The molecule has 6 heteroatoms. The molecule has 0 bridgehead atoms.